The Morgan fingerprint density at radius 1 is 1.21 bits per heavy atom. The molecule has 1 heterocycles. The van der Waals surface area contributed by atoms with E-state index in [1.54, 1.807) is 6.07 Å². The Bertz CT molecular complexity index is 822. The van der Waals surface area contributed by atoms with Crippen LogP contribution >= 0.6 is 11.3 Å². The van der Waals surface area contributed by atoms with Crippen molar-refractivity contribution in [2.75, 3.05) is 20.1 Å². The molecule has 3 N–H and O–H groups in total. The molecule has 1 aromatic carbocycles. The number of hydrogen-bond donors (Lipinski definition) is 3. The topological polar surface area (TPSA) is 78.4 Å². The van der Waals surface area contributed by atoms with E-state index in [0.717, 1.165) is 16.7 Å². The molecule has 0 aliphatic carbocycles. The van der Waals surface area contributed by atoms with E-state index in [1.165, 1.54) is 25.2 Å². The van der Waals surface area contributed by atoms with Gasteiger partial charge in [0.05, 0.1) is 13.0 Å². The van der Waals surface area contributed by atoms with Crippen molar-refractivity contribution in [3.05, 3.63) is 51.7 Å². The molecular formula is C17H19F4N5OS. The lowest BCUT2D eigenvalue weighted by Crippen LogP contribution is -2.41. The summed E-state index contributed by atoms with van der Waals surface area (Å²) in [5.74, 6) is -0.287. The van der Waals surface area contributed by atoms with Crippen LogP contribution < -0.4 is 16.0 Å². The van der Waals surface area contributed by atoms with Crippen LogP contribution in [0.5, 0.6) is 0 Å². The van der Waals surface area contributed by atoms with Gasteiger partial charge in [-0.05, 0) is 17.7 Å². The van der Waals surface area contributed by atoms with Crippen LogP contribution in [0.15, 0.2) is 34.6 Å². The lowest BCUT2D eigenvalue weighted by molar-refractivity contribution is -0.140. The highest BCUT2D eigenvalue weighted by molar-refractivity contribution is 7.09. The minimum atomic E-state index is -4.46. The average Bonchev–Trinajstić information content (AvgIpc) is 3.10. The third-order valence-electron chi connectivity index (χ3n) is 3.47. The van der Waals surface area contributed by atoms with Crippen molar-refractivity contribution >= 4 is 23.2 Å². The van der Waals surface area contributed by atoms with Crippen molar-refractivity contribution in [2.45, 2.75) is 19.1 Å². The molecule has 0 unspecified atom stereocenters. The molecule has 11 heteroatoms. The van der Waals surface area contributed by atoms with Crippen LogP contribution in [0.3, 0.4) is 0 Å². The first-order valence-electron chi connectivity index (χ1n) is 8.25. The number of carbonyl (C=O) groups is 1. The van der Waals surface area contributed by atoms with Crippen molar-refractivity contribution in [2.24, 2.45) is 4.99 Å². The summed E-state index contributed by atoms with van der Waals surface area (Å²) in [6.07, 6.45) is -4.39. The number of guanidine groups is 1. The Balaban J connectivity index is 1.68. The molecule has 0 bridgehead atoms. The largest absolute Gasteiger partial charge is 0.434 e. The van der Waals surface area contributed by atoms with E-state index in [1.807, 2.05) is 0 Å². The van der Waals surface area contributed by atoms with Crippen molar-refractivity contribution < 1.29 is 22.4 Å². The highest BCUT2D eigenvalue weighted by Gasteiger charge is 2.33. The van der Waals surface area contributed by atoms with Gasteiger partial charge >= 0.3 is 6.18 Å². The first-order chi connectivity index (χ1) is 13.3. The number of nitrogens with zero attached hydrogens (tertiary/aromatic N) is 2. The molecule has 1 aromatic heterocycles. The van der Waals surface area contributed by atoms with E-state index in [2.05, 4.69) is 25.9 Å². The number of halogens is 4. The van der Waals surface area contributed by atoms with Gasteiger partial charge in [0.1, 0.15) is 10.8 Å². The maximum atomic E-state index is 13.1. The first-order valence-corrected chi connectivity index (χ1v) is 9.13. The number of carbonyl (C=O) groups excluding carboxylic acids is 1. The van der Waals surface area contributed by atoms with Gasteiger partial charge < -0.3 is 16.0 Å². The highest BCUT2D eigenvalue weighted by Crippen LogP contribution is 2.29. The Labute approximate surface area is 163 Å². The van der Waals surface area contributed by atoms with Gasteiger partial charge in [0.25, 0.3) is 0 Å². The quantitative estimate of drug-likeness (QED) is 0.280. The van der Waals surface area contributed by atoms with E-state index in [9.17, 15) is 22.4 Å². The summed E-state index contributed by atoms with van der Waals surface area (Å²) in [6.45, 7) is 0.733. The number of aromatic nitrogens is 1. The summed E-state index contributed by atoms with van der Waals surface area (Å²) < 4.78 is 50.7. The molecule has 0 aliphatic rings. The van der Waals surface area contributed by atoms with Gasteiger partial charge in [-0.15, -0.1) is 11.3 Å². The highest BCUT2D eigenvalue weighted by atomic mass is 32.1. The zero-order valence-electron chi connectivity index (χ0n) is 14.9. The van der Waals surface area contributed by atoms with Gasteiger partial charge in [-0.25, -0.2) is 9.37 Å². The van der Waals surface area contributed by atoms with E-state index in [0.29, 0.717) is 24.6 Å². The zero-order chi connectivity index (χ0) is 20.6. The summed E-state index contributed by atoms with van der Waals surface area (Å²) >= 11 is 0.903. The molecule has 0 aliphatic heterocycles. The van der Waals surface area contributed by atoms with Gasteiger partial charge in [0, 0.05) is 25.5 Å². The number of benzene rings is 1. The second-order valence-corrected chi connectivity index (χ2v) is 6.58. The van der Waals surface area contributed by atoms with Gasteiger partial charge in [-0.3, -0.25) is 9.79 Å². The maximum Gasteiger partial charge on any atom is 0.434 e. The lowest BCUT2D eigenvalue weighted by atomic mass is 10.1. The summed E-state index contributed by atoms with van der Waals surface area (Å²) in [6, 6.07) is 5.80. The average molecular weight is 417 g/mol. The Morgan fingerprint density at radius 3 is 2.61 bits per heavy atom. The first kappa shape index (κ1) is 21.6. The predicted molar refractivity (Wildman–Crippen MR) is 98.4 cm³/mol. The second-order valence-electron chi connectivity index (χ2n) is 5.63. The maximum absolute atomic E-state index is 13.1. The van der Waals surface area contributed by atoms with Crippen LogP contribution in [0.4, 0.5) is 17.6 Å². The van der Waals surface area contributed by atoms with Crippen LogP contribution in [-0.4, -0.2) is 37.0 Å². The molecule has 2 aromatic rings. The SMILES string of the molecule is CN=C(NCCNC(=O)Cc1cccc(F)c1)NCc1nc(C(F)(F)F)cs1. The molecular weight excluding hydrogens is 398 g/mol. The van der Waals surface area contributed by atoms with Crippen LogP contribution in [0.25, 0.3) is 0 Å². The molecule has 152 valence electrons. The van der Waals surface area contributed by atoms with Crippen LogP contribution in [0.2, 0.25) is 0 Å². The monoisotopic (exact) mass is 417 g/mol. The molecule has 28 heavy (non-hydrogen) atoms. The summed E-state index contributed by atoms with van der Waals surface area (Å²) in [5.41, 5.74) is -0.345. The molecule has 0 fully saturated rings. The fraction of sp³-hybridized carbons (Fsp3) is 0.353. The molecule has 0 spiro atoms. The predicted octanol–water partition coefficient (Wildman–Crippen LogP) is 2.32. The van der Waals surface area contributed by atoms with Crippen molar-refractivity contribution in [1.82, 2.24) is 20.9 Å². The van der Waals surface area contributed by atoms with Crippen molar-refractivity contribution in [3.63, 3.8) is 0 Å². The smallest absolute Gasteiger partial charge is 0.355 e. The van der Waals surface area contributed by atoms with Gasteiger partial charge in [-0.2, -0.15) is 13.2 Å². The van der Waals surface area contributed by atoms with Crippen LogP contribution in [-0.2, 0) is 23.9 Å². The third-order valence-corrected chi connectivity index (χ3v) is 4.31. The van der Waals surface area contributed by atoms with E-state index in [4.69, 9.17) is 0 Å². The Hall–Kier alpha value is -2.69. The van der Waals surface area contributed by atoms with E-state index < -0.39 is 17.7 Å². The number of aliphatic imine (C=N–C) groups is 1. The molecule has 0 atom stereocenters. The second kappa shape index (κ2) is 10.0. The summed E-state index contributed by atoms with van der Waals surface area (Å²) in [4.78, 5) is 19.3. The van der Waals surface area contributed by atoms with E-state index in [-0.39, 0.29) is 23.9 Å². The molecule has 2 rings (SSSR count). The number of thiazole rings is 1. The summed E-state index contributed by atoms with van der Waals surface area (Å²) in [7, 11) is 1.51. The van der Waals surface area contributed by atoms with Crippen LogP contribution in [0.1, 0.15) is 16.3 Å². The van der Waals surface area contributed by atoms with Crippen molar-refractivity contribution in [3.8, 4) is 0 Å². The molecule has 0 saturated carbocycles. The standard InChI is InChI=1S/C17H19F4N5OS/c1-22-16(25-9-15-26-13(10-28-15)17(19,20)21)24-6-5-23-14(27)8-11-3-2-4-12(18)7-11/h2-4,7,10H,5-6,8-9H2,1H3,(H,23,27)(H2,22,24,25). The van der Waals surface area contributed by atoms with Crippen LogP contribution in [0, 0.1) is 5.82 Å². The fourth-order valence-corrected chi connectivity index (χ4v) is 2.92. The zero-order valence-corrected chi connectivity index (χ0v) is 15.8. The normalized spacial score (nSPS) is 12.0. The number of rotatable bonds is 7. The molecule has 0 saturated heterocycles. The molecule has 0 radical (unpaired) electrons. The Morgan fingerprint density at radius 2 is 1.96 bits per heavy atom. The third kappa shape index (κ3) is 7.14. The van der Waals surface area contributed by atoms with Gasteiger partial charge in [0.2, 0.25) is 5.91 Å². The number of hydrogen-bond acceptors (Lipinski definition) is 4. The lowest BCUT2D eigenvalue weighted by Gasteiger charge is -2.11. The van der Waals surface area contributed by atoms with Gasteiger partial charge in [0.15, 0.2) is 11.7 Å². The Kier molecular flexibility index (Phi) is 7.73. The number of amides is 1. The number of nitrogens with one attached hydrogen (secondary N) is 3. The fourth-order valence-electron chi connectivity index (χ4n) is 2.18. The van der Waals surface area contributed by atoms with Gasteiger partial charge in [-0.1, -0.05) is 12.1 Å². The molecule has 1 amide bonds. The minimum absolute atomic E-state index is 0.0658. The molecule has 6 nitrogen and oxygen atoms in total. The van der Waals surface area contributed by atoms with E-state index >= 15 is 0 Å². The number of alkyl halides is 3. The minimum Gasteiger partial charge on any atom is -0.355 e. The van der Waals surface area contributed by atoms with Crippen molar-refractivity contribution in [1.29, 1.82) is 0 Å². The summed E-state index contributed by atoms with van der Waals surface area (Å²) in [5, 5.41) is 9.69.